The van der Waals surface area contributed by atoms with Gasteiger partial charge in [-0.25, -0.2) is 9.78 Å². The van der Waals surface area contributed by atoms with Crippen molar-refractivity contribution in [3.63, 3.8) is 0 Å². The van der Waals surface area contributed by atoms with Crippen molar-refractivity contribution >= 4 is 27.5 Å². The van der Waals surface area contributed by atoms with Crippen molar-refractivity contribution in [3.05, 3.63) is 31.9 Å². The van der Waals surface area contributed by atoms with Gasteiger partial charge in [-0.3, -0.25) is 18.7 Å². The van der Waals surface area contributed by atoms with Crippen LogP contribution in [-0.2, 0) is 13.6 Å². The maximum atomic E-state index is 12.2. The normalized spacial score (nSPS) is 12.0. The molecule has 0 saturated heterocycles. The summed E-state index contributed by atoms with van der Waals surface area (Å²) in [5, 5.41) is 20.2. The summed E-state index contributed by atoms with van der Waals surface area (Å²) in [7, 11) is 1.56. The van der Waals surface area contributed by atoms with Crippen molar-refractivity contribution in [2.75, 3.05) is 26.3 Å². The zero-order valence-electron chi connectivity index (χ0n) is 12.6. The average Bonchev–Trinajstić information content (AvgIpc) is 3.06. The molecule has 0 unspecified atom stereocenters. The van der Waals surface area contributed by atoms with E-state index in [2.05, 4.69) is 9.97 Å². The van der Waals surface area contributed by atoms with E-state index in [-0.39, 0.29) is 13.2 Å². The van der Waals surface area contributed by atoms with Crippen LogP contribution in [0.2, 0.25) is 0 Å². The van der Waals surface area contributed by atoms with Gasteiger partial charge in [0, 0.05) is 12.4 Å². The van der Waals surface area contributed by atoms with Gasteiger partial charge in [-0.05, 0) is 0 Å². The molecule has 0 saturated carbocycles. The van der Waals surface area contributed by atoms with Crippen LogP contribution in [0.25, 0.3) is 16.1 Å². The molecule has 0 atom stereocenters. The number of aryl methyl sites for hydroxylation is 1. The minimum absolute atomic E-state index is 0.0162. The first-order valence-electron chi connectivity index (χ1n) is 7.20. The molecule has 3 rings (SSSR count). The lowest BCUT2D eigenvalue weighted by molar-refractivity contribution is -0.914. The van der Waals surface area contributed by atoms with Crippen LogP contribution < -0.4 is 16.1 Å². The Hall–Kier alpha value is -2.01. The van der Waals surface area contributed by atoms with E-state index in [1.54, 1.807) is 11.4 Å². The Morgan fingerprint density at radius 3 is 2.65 bits per heavy atom. The smallest absolute Gasteiger partial charge is 0.329 e. The van der Waals surface area contributed by atoms with Gasteiger partial charge >= 0.3 is 5.69 Å². The summed E-state index contributed by atoms with van der Waals surface area (Å²) in [6, 6.07) is 0. The fourth-order valence-corrected chi connectivity index (χ4v) is 3.56. The van der Waals surface area contributed by atoms with Gasteiger partial charge in [0.15, 0.2) is 16.1 Å². The van der Waals surface area contributed by atoms with Crippen molar-refractivity contribution in [2.24, 2.45) is 7.05 Å². The van der Waals surface area contributed by atoms with Gasteiger partial charge in [0.1, 0.15) is 19.6 Å². The van der Waals surface area contributed by atoms with Gasteiger partial charge in [-0.2, -0.15) is 0 Å². The summed E-state index contributed by atoms with van der Waals surface area (Å²) in [6.45, 7) is 1.57. The van der Waals surface area contributed by atoms with Crippen LogP contribution in [0.1, 0.15) is 5.69 Å². The number of thiazole rings is 1. The lowest BCUT2D eigenvalue weighted by Gasteiger charge is -2.16. The third-order valence-electron chi connectivity index (χ3n) is 3.84. The van der Waals surface area contributed by atoms with E-state index in [0.29, 0.717) is 35.8 Å². The Morgan fingerprint density at radius 2 is 2.00 bits per heavy atom. The highest BCUT2D eigenvalue weighted by atomic mass is 32.1. The van der Waals surface area contributed by atoms with Gasteiger partial charge in [-0.1, -0.05) is 0 Å². The topological polar surface area (TPSA) is 117 Å². The van der Waals surface area contributed by atoms with Crippen molar-refractivity contribution in [1.29, 1.82) is 0 Å². The lowest BCUT2D eigenvalue weighted by Crippen LogP contribution is -3.11. The molecule has 0 radical (unpaired) electrons. The van der Waals surface area contributed by atoms with Crippen LogP contribution in [0.4, 0.5) is 0 Å². The molecule has 10 heteroatoms. The van der Waals surface area contributed by atoms with E-state index in [9.17, 15) is 9.59 Å². The predicted molar refractivity (Wildman–Crippen MR) is 85.0 cm³/mol. The second-order valence-electron chi connectivity index (χ2n) is 5.32. The monoisotopic (exact) mass is 340 g/mol. The van der Waals surface area contributed by atoms with E-state index in [1.807, 2.05) is 5.38 Å². The second kappa shape index (κ2) is 6.24. The number of nitrogens with one attached hydrogen (secondary N) is 2. The highest BCUT2D eigenvalue weighted by Crippen LogP contribution is 2.20. The molecule has 0 amide bonds. The van der Waals surface area contributed by atoms with E-state index in [1.165, 1.54) is 15.9 Å². The molecule has 23 heavy (non-hydrogen) atoms. The van der Waals surface area contributed by atoms with Gasteiger partial charge in [0.05, 0.1) is 18.9 Å². The van der Waals surface area contributed by atoms with Gasteiger partial charge in [0.2, 0.25) is 0 Å². The molecular weight excluding hydrogens is 322 g/mol. The minimum Gasteiger partial charge on any atom is -0.391 e. The summed E-state index contributed by atoms with van der Waals surface area (Å²) in [5.41, 5.74) is 0.570. The van der Waals surface area contributed by atoms with E-state index < -0.39 is 11.2 Å². The van der Waals surface area contributed by atoms with E-state index in [0.717, 1.165) is 10.6 Å². The summed E-state index contributed by atoms with van der Waals surface area (Å²) >= 11 is 1.39. The van der Waals surface area contributed by atoms with E-state index >= 15 is 0 Å². The standard InChI is InChI=1S/C13H17N5O4S/c1-16-10-9(11(21)15-12(16)22)18-8(7-23-13(18)14-10)6-17(2-4-19)3-5-20/h7,19-20H,2-6H2,1H3,(H,15,21,22)/p+1. The SMILES string of the molecule is Cn1c(=O)[nH]c(=O)c2c1nc1scc(C[NH+](CCO)CCO)n12. The molecule has 0 bridgehead atoms. The maximum absolute atomic E-state index is 12.2. The van der Waals surface area contributed by atoms with Gasteiger partial charge < -0.3 is 15.1 Å². The predicted octanol–water partition coefficient (Wildman–Crippen LogP) is -2.69. The number of aliphatic hydroxyl groups excluding tert-OH is 2. The highest BCUT2D eigenvalue weighted by molar-refractivity contribution is 7.15. The maximum Gasteiger partial charge on any atom is 0.329 e. The molecule has 4 N–H and O–H groups in total. The first kappa shape index (κ1) is 15.9. The minimum atomic E-state index is -0.498. The largest absolute Gasteiger partial charge is 0.391 e. The number of nitrogens with zero attached hydrogens (tertiary/aromatic N) is 3. The van der Waals surface area contributed by atoms with Crippen LogP contribution in [0.15, 0.2) is 15.0 Å². The quantitative estimate of drug-likeness (QED) is 0.390. The van der Waals surface area contributed by atoms with Crippen LogP contribution >= 0.6 is 11.3 Å². The van der Waals surface area contributed by atoms with Crippen molar-refractivity contribution in [2.45, 2.75) is 6.54 Å². The summed E-state index contributed by atoms with van der Waals surface area (Å²) in [5.74, 6) is 0. The Labute approximate surface area is 134 Å². The van der Waals surface area contributed by atoms with Crippen LogP contribution in [0, 0.1) is 0 Å². The number of aromatic nitrogens is 4. The van der Waals surface area contributed by atoms with Crippen molar-refractivity contribution < 1.29 is 15.1 Å². The zero-order chi connectivity index (χ0) is 16.6. The summed E-state index contributed by atoms with van der Waals surface area (Å²) < 4.78 is 3.05. The molecule has 0 aliphatic carbocycles. The average molecular weight is 340 g/mol. The van der Waals surface area contributed by atoms with E-state index in [4.69, 9.17) is 10.2 Å². The van der Waals surface area contributed by atoms with Crippen molar-refractivity contribution in [1.82, 2.24) is 18.9 Å². The van der Waals surface area contributed by atoms with Crippen LogP contribution in [-0.4, -0.2) is 55.5 Å². The van der Waals surface area contributed by atoms with Crippen LogP contribution in [0.5, 0.6) is 0 Å². The fourth-order valence-electron chi connectivity index (χ4n) is 2.68. The number of fused-ring (bicyclic) bond motifs is 3. The molecular formula is C13H18N5O4S+. The zero-order valence-corrected chi connectivity index (χ0v) is 13.4. The lowest BCUT2D eigenvalue weighted by atomic mass is 10.4. The number of hydrogen-bond acceptors (Lipinski definition) is 6. The van der Waals surface area contributed by atoms with Gasteiger partial charge in [0.25, 0.3) is 5.56 Å². The Kier molecular flexibility index (Phi) is 4.31. The van der Waals surface area contributed by atoms with Gasteiger partial charge in [-0.15, -0.1) is 11.3 Å². The number of hydrogen-bond donors (Lipinski definition) is 4. The Balaban J connectivity index is 2.16. The third-order valence-corrected chi connectivity index (χ3v) is 4.71. The fraction of sp³-hybridized carbons (Fsp3) is 0.462. The molecule has 3 aromatic rings. The first-order valence-corrected chi connectivity index (χ1v) is 8.08. The summed E-state index contributed by atoms with van der Waals surface area (Å²) in [6.07, 6.45) is 0. The van der Waals surface area contributed by atoms with Crippen molar-refractivity contribution in [3.8, 4) is 0 Å². The number of imidazole rings is 1. The molecule has 0 fully saturated rings. The van der Waals surface area contributed by atoms with Crippen LogP contribution in [0.3, 0.4) is 0 Å². The molecule has 0 aliphatic heterocycles. The number of H-pyrrole nitrogens is 1. The number of aliphatic hydroxyl groups is 2. The summed E-state index contributed by atoms with van der Waals surface area (Å²) in [4.78, 5) is 32.2. The molecule has 0 spiro atoms. The second-order valence-corrected chi connectivity index (χ2v) is 6.16. The molecule has 0 aromatic carbocycles. The molecule has 3 heterocycles. The molecule has 124 valence electrons. The Morgan fingerprint density at radius 1 is 1.30 bits per heavy atom. The first-order chi connectivity index (χ1) is 11.1. The number of rotatable bonds is 6. The molecule has 9 nitrogen and oxygen atoms in total. The molecule has 0 aliphatic rings. The number of quaternary nitrogens is 1. The molecule has 3 aromatic heterocycles. The number of aromatic amines is 1. The Bertz CT molecular complexity index is 947. The third kappa shape index (κ3) is 2.70. The highest BCUT2D eigenvalue weighted by Gasteiger charge is 2.19.